The highest BCUT2D eigenvalue weighted by molar-refractivity contribution is 7.14. The number of rotatable bonds is 9. The number of carbonyl (C=O) groups is 1. The molecule has 2 aromatic heterocycles. The Labute approximate surface area is 178 Å². The number of ether oxygens (including phenoxy) is 2. The van der Waals surface area contributed by atoms with Crippen LogP contribution in [0.4, 0.5) is 21.3 Å². The molecule has 1 aliphatic rings. The molecule has 0 bridgehead atoms. The summed E-state index contributed by atoms with van der Waals surface area (Å²) in [5, 5.41) is 13.2. The normalized spacial score (nSPS) is 13.5. The Balaban J connectivity index is 1.45. The number of amides is 2. The number of urea groups is 1. The van der Waals surface area contributed by atoms with E-state index in [4.69, 9.17) is 9.47 Å². The van der Waals surface area contributed by atoms with Crippen molar-refractivity contribution in [1.82, 2.24) is 20.1 Å². The van der Waals surface area contributed by atoms with Crippen molar-refractivity contribution < 1.29 is 14.3 Å². The fourth-order valence-corrected chi connectivity index (χ4v) is 3.90. The lowest BCUT2D eigenvalue weighted by atomic mass is 10.1. The highest BCUT2D eigenvalue weighted by Gasteiger charge is 2.21. The second-order valence-electron chi connectivity index (χ2n) is 6.61. The maximum absolute atomic E-state index is 11.8. The Morgan fingerprint density at radius 1 is 1.30 bits per heavy atom. The molecule has 30 heavy (non-hydrogen) atoms. The van der Waals surface area contributed by atoms with E-state index >= 15 is 0 Å². The number of nitrogens with zero attached hydrogens (tertiary/aromatic N) is 4. The number of anilines is 3. The average molecular weight is 429 g/mol. The largest absolute Gasteiger partial charge is 0.478 e. The third-order valence-corrected chi connectivity index (χ3v) is 5.43. The van der Waals surface area contributed by atoms with Gasteiger partial charge in [-0.2, -0.15) is 0 Å². The van der Waals surface area contributed by atoms with Gasteiger partial charge >= 0.3 is 6.03 Å². The van der Waals surface area contributed by atoms with Gasteiger partial charge in [0.25, 0.3) is 5.88 Å². The molecule has 10 heteroatoms. The van der Waals surface area contributed by atoms with Crippen molar-refractivity contribution in [2.75, 3.05) is 43.6 Å². The quantitative estimate of drug-likeness (QED) is 0.508. The Morgan fingerprint density at radius 2 is 2.13 bits per heavy atom. The number of benzene rings is 1. The molecule has 0 saturated carbocycles. The number of aromatic nitrogens is 3. The van der Waals surface area contributed by atoms with Gasteiger partial charge in [0.2, 0.25) is 0 Å². The zero-order chi connectivity index (χ0) is 20.9. The predicted octanol–water partition coefficient (Wildman–Crippen LogP) is 3.32. The summed E-state index contributed by atoms with van der Waals surface area (Å²) in [6.45, 7) is 5.25. The molecule has 3 heterocycles. The second-order valence-corrected chi connectivity index (χ2v) is 7.46. The van der Waals surface area contributed by atoms with Crippen molar-refractivity contribution >= 4 is 33.9 Å². The van der Waals surface area contributed by atoms with E-state index in [9.17, 15) is 4.79 Å². The first-order chi connectivity index (χ1) is 14.7. The summed E-state index contributed by atoms with van der Waals surface area (Å²) < 4.78 is 12.5. The number of carbonyl (C=O) groups excluding carboxylic acids is 1. The van der Waals surface area contributed by atoms with Gasteiger partial charge < -0.3 is 20.1 Å². The summed E-state index contributed by atoms with van der Waals surface area (Å²) in [6.07, 6.45) is 1.88. The van der Waals surface area contributed by atoms with Crippen molar-refractivity contribution in [1.29, 1.82) is 0 Å². The van der Waals surface area contributed by atoms with Gasteiger partial charge in [-0.15, -0.1) is 16.4 Å². The van der Waals surface area contributed by atoms with Crippen LogP contribution in [-0.2, 0) is 11.3 Å². The standard InChI is InChI=1S/C20H24N6O3S/c1-3-29-11-10-25-12-16(18(24-25)28-2)22-19-23-17(13-30-19)14-4-6-15(7-5-14)26-9-8-21-20(26)27/h4-7,12-13H,3,8-11H2,1-2H3,(H,21,27)(H,22,23). The molecule has 0 radical (unpaired) electrons. The van der Waals surface area contributed by atoms with Crippen LogP contribution >= 0.6 is 11.3 Å². The second kappa shape index (κ2) is 9.14. The lowest BCUT2D eigenvalue weighted by molar-refractivity contribution is 0.136. The van der Waals surface area contributed by atoms with E-state index in [1.165, 1.54) is 11.3 Å². The van der Waals surface area contributed by atoms with Crippen molar-refractivity contribution in [3.8, 4) is 17.1 Å². The molecular formula is C20H24N6O3S. The molecule has 158 valence electrons. The molecule has 2 amide bonds. The van der Waals surface area contributed by atoms with Gasteiger partial charge in [-0.3, -0.25) is 9.58 Å². The monoisotopic (exact) mass is 428 g/mol. The number of thiazole rings is 1. The Morgan fingerprint density at radius 3 is 2.83 bits per heavy atom. The summed E-state index contributed by atoms with van der Waals surface area (Å²) in [5.41, 5.74) is 3.49. The number of nitrogens with one attached hydrogen (secondary N) is 2. The molecule has 2 N–H and O–H groups in total. The molecule has 3 aromatic rings. The van der Waals surface area contributed by atoms with Crippen molar-refractivity contribution in [2.45, 2.75) is 13.5 Å². The molecule has 9 nitrogen and oxygen atoms in total. The van der Waals surface area contributed by atoms with Crippen LogP contribution in [0.15, 0.2) is 35.8 Å². The summed E-state index contributed by atoms with van der Waals surface area (Å²) >= 11 is 1.51. The molecule has 1 saturated heterocycles. The highest BCUT2D eigenvalue weighted by atomic mass is 32.1. The smallest absolute Gasteiger partial charge is 0.321 e. The van der Waals surface area contributed by atoms with Crippen molar-refractivity contribution in [3.63, 3.8) is 0 Å². The van der Waals surface area contributed by atoms with Crippen LogP contribution in [-0.4, -0.2) is 54.2 Å². The zero-order valence-corrected chi connectivity index (χ0v) is 17.7. The molecule has 1 fully saturated rings. The third-order valence-electron chi connectivity index (χ3n) is 4.67. The predicted molar refractivity (Wildman–Crippen MR) is 117 cm³/mol. The van der Waals surface area contributed by atoms with E-state index in [1.807, 2.05) is 42.8 Å². The number of hydrogen-bond donors (Lipinski definition) is 2. The third kappa shape index (κ3) is 4.39. The maximum Gasteiger partial charge on any atom is 0.321 e. The molecule has 0 aliphatic carbocycles. The maximum atomic E-state index is 11.8. The zero-order valence-electron chi connectivity index (χ0n) is 16.9. The molecule has 1 aromatic carbocycles. The van der Waals surface area contributed by atoms with Crippen molar-refractivity contribution in [2.24, 2.45) is 0 Å². The first-order valence-corrected chi connectivity index (χ1v) is 10.6. The SMILES string of the molecule is CCOCCn1cc(Nc2nc(-c3ccc(N4CCNC4=O)cc3)cs2)c(OC)n1. The first-order valence-electron chi connectivity index (χ1n) is 9.75. The minimum absolute atomic E-state index is 0.0568. The molecule has 0 spiro atoms. The van der Waals surface area contributed by atoms with E-state index in [0.29, 0.717) is 38.7 Å². The van der Waals surface area contributed by atoms with Gasteiger partial charge in [0.05, 0.1) is 32.2 Å². The van der Waals surface area contributed by atoms with Gasteiger partial charge in [-0.05, 0) is 19.1 Å². The summed E-state index contributed by atoms with van der Waals surface area (Å²) in [6, 6.07) is 7.78. The van der Waals surface area contributed by atoms with Crippen LogP contribution < -0.4 is 20.3 Å². The van der Waals surface area contributed by atoms with E-state index in [2.05, 4.69) is 20.7 Å². The van der Waals surface area contributed by atoms with E-state index < -0.39 is 0 Å². The average Bonchev–Trinajstić information content (AvgIpc) is 3.49. The van der Waals surface area contributed by atoms with Crippen LogP contribution in [0.25, 0.3) is 11.3 Å². The van der Waals surface area contributed by atoms with Gasteiger partial charge in [-0.1, -0.05) is 12.1 Å². The van der Waals surface area contributed by atoms with E-state index in [-0.39, 0.29) is 6.03 Å². The molecule has 0 atom stereocenters. The summed E-state index contributed by atoms with van der Waals surface area (Å²) in [4.78, 5) is 18.2. The summed E-state index contributed by atoms with van der Waals surface area (Å²) in [5.74, 6) is 0.511. The van der Waals surface area contributed by atoms with E-state index in [0.717, 1.165) is 27.8 Å². The van der Waals surface area contributed by atoms with Crippen LogP contribution in [0.2, 0.25) is 0 Å². The van der Waals surface area contributed by atoms with Gasteiger partial charge in [0.15, 0.2) is 5.13 Å². The fourth-order valence-electron chi connectivity index (χ4n) is 3.17. The molecule has 1 aliphatic heterocycles. The van der Waals surface area contributed by atoms with Gasteiger partial charge in [-0.25, -0.2) is 9.78 Å². The Bertz CT molecular complexity index is 1000. The van der Waals surface area contributed by atoms with Crippen LogP contribution in [0.3, 0.4) is 0 Å². The number of hydrogen-bond acceptors (Lipinski definition) is 7. The van der Waals surface area contributed by atoms with Crippen LogP contribution in [0, 0.1) is 0 Å². The fraction of sp³-hybridized carbons (Fsp3) is 0.350. The van der Waals surface area contributed by atoms with Crippen LogP contribution in [0.5, 0.6) is 5.88 Å². The van der Waals surface area contributed by atoms with Crippen molar-refractivity contribution in [3.05, 3.63) is 35.8 Å². The Hall–Kier alpha value is -3.11. The highest BCUT2D eigenvalue weighted by Crippen LogP contribution is 2.31. The number of methoxy groups -OCH3 is 1. The minimum Gasteiger partial charge on any atom is -0.478 e. The minimum atomic E-state index is -0.0568. The lowest BCUT2D eigenvalue weighted by Gasteiger charge is -2.14. The lowest BCUT2D eigenvalue weighted by Crippen LogP contribution is -2.27. The van der Waals surface area contributed by atoms with E-state index in [1.54, 1.807) is 16.7 Å². The topological polar surface area (TPSA) is 93.5 Å². The molecule has 0 unspecified atom stereocenters. The molecular weight excluding hydrogens is 404 g/mol. The van der Waals surface area contributed by atoms with Crippen LogP contribution in [0.1, 0.15) is 6.92 Å². The first kappa shape index (κ1) is 20.2. The molecule has 4 rings (SSSR count). The van der Waals surface area contributed by atoms with Gasteiger partial charge in [0.1, 0.15) is 5.69 Å². The van der Waals surface area contributed by atoms with Gasteiger partial charge in [0, 0.05) is 36.3 Å². The summed E-state index contributed by atoms with van der Waals surface area (Å²) in [7, 11) is 1.59. The Kier molecular flexibility index (Phi) is 6.15.